The lowest BCUT2D eigenvalue weighted by Gasteiger charge is -2.27. The van der Waals surface area contributed by atoms with Crippen molar-refractivity contribution in [2.24, 2.45) is 11.8 Å². The summed E-state index contributed by atoms with van der Waals surface area (Å²) in [6.07, 6.45) is -0.936. The van der Waals surface area contributed by atoms with Crippen LogP contribution in [0.15, 0.2) is 72.8 Å². The zero-order valence-electron chi connectivity index (χ0n) is 18.0. The largest absolute Gasteiger partial charge is 0.349 e. The van der Waals surface area contributed by atoms with E-state index in [1.165, 1.54) is 0 Å². The number of hydrogen-bond acceptors (Lipinski definition) is 5. The van der Waals surface area contributed by atoms with Gasteiger partial charge in [0.1, 0.15) is 0 Å². The molecule has 168 valence electrons. The molecule has 6 rings (SSSR count). The number of imide groups is 1. The number of carbonyl (C=O) groups is 4. The minimum Gasteiger partial charge on any atom is -0.349 e. The standard InChI is InChI=1S/C27H18ClNO5/c1-14-18(28)12-7-13-19(14)29-25(32)20-21(26(29)33)27(34-22(20)15-8-3-2-4-9-15)23(30)16-10-5-6-11-17(16)24(27)31/h2-13,20-22H,1H3/t20-,21-,22+/m0/s1. The van der Waals surface area contributed by atoms with Gasteiger partial charge in [-0.25, -0.2) is 4.90 Å². The van der Waals surface area contributed by atoms with Crippen LogP contribution in [0.25, 0.3) is 0 Å². The van der Waals surface area contributed by atoms with Crippen molar-refractivity contribution < 1.29 is 23.9 Å². The zero-order chi connectivity index (χ0) is 23.8. The highest BCUT2D eigenvalue weighted by Crippen LogP contribution is 2.57. The lowest BCUT2D eigenvalue weighted by atomic mass is 9.77. The molecule has 0 radical (unpaired) electrons. The van der Waals surface area contributed by atoms with Crippen LogP contribution in [0, 0.1) is 18.8 Å². The van der Waals surface area contributed by atoms with E-state index in [0.29, 0.717) is 21.8 Å². The number of rotatable bonds is 2. The van der Waals surface area contributed by atoms with Crippen molar-refractivity contribution in [3.05, 3.63) is 100 Å². The number of benzene rings is 3. The van der Waals surface area contributed by atoms with Gasteiger partial charge in [0.05, 0.1) is 23.6 Å². The molecule has 0 N–H and O–H groups in total. The molecule has 6 nitrogen and oxygen atoms in total. The molecule has 1 spiro atoms. The number of hydrogen-bond donors (Lipinski definition) is 0. The maximum atomic E-state index is 13.9. The van der Waals surface area contributed by atoms with Crippen LogP contribution >= 0.6 is 11.6 Å². The summed E-state index contributed by atoms with van der Waals surface area (Å²) in [6.45, 7) is 1.72. The molecular weight excluding hydrogens is 454 g/mol. The molecule has 0 bridgehead atoms. The minimum absolute atomic E-state index is 0.206. The van der Waals surface area contributed by atoms with E-state index in [0.717, 1.165) is 4.90 Å². The van der Waals surface area contributed by atoms with E-state index in [9.17, 15) is 19.2 Å². The third kappa shape index (κ3) is 2.50. The lowest BCUT2D eigenvalue weighted by molar-refractivity contribution is -0.127. The summed E-state index contributed by atoms with van der Waals surface area (Å²) in [6, 6.07) is 20.3. The van der Waals surface area contributed by atoms with Gasteiger partial charge in [-0.15, -0.1) is 0 Å². The Morgan fingerprint density at radius 1 is 0.794 bits per heavy atom. The van der Waals surface area contributed by atoms with Crippen LogP contribution in [-0.2, 0) is 14.3 Å². The third-order valence-corrected chi connectivity index (χ3v) is 7.54. The molecule has 34 heavy (non-hydrogen) atoms. The summed E-state index contributed by atoms with van der Waals surface area (Å²) < 4.78 is 6.26. The maximum Gasteiger partial charge on any atom is 0.241 e. The predicted molar refractivity (Wildman–Crippen MR) is 124 cm³/mol. The molecule has 1 aliphatic carbocycles. The van der Waals surface area contributed by atoms with E-state index in [-0.39, 0.29) is 11.1 Å². The fourth-order valence-corrected chi connectivity index (χ4v) is 5.71. The van der Waals surface area contributed by atoms with E-state index in [1.54, 1.807) is 73.7 Å². The van der Waals surface area contributed by atoms with Crippen LogP contribution in [0.3, 0.4) is 0 Å². The first-order chi connectivity index (χ1) is 16.4. The van der Waals surface area contributed by atoms with Crippen molar-refractivity contribution >= 4 is 40.7 Å². The fourth-order valence-electron chi connectivity index (χ4n) is 5.54. The maximum absolute atomic E-state index is 13.9. The Morgan fingerprint density at radius 3 is 2.06 bits per heavy atom. The molecule has 2 fully saturated rings. The molecule has 2 amide bonds. The van der Waals surface area contributed by atoms with Crippen LogP contribution in [0.2, 0.25) is 5.02 Å². The van der Waals surface area contributed by atoms with Crippen LogP contribution in [0.4, 0.5) is 5.69 Å². The minimum atomic E-state index is -2.08. The second-order valence-electron chi connectivity index (χ2n) is 8.79. The number of ether oxygens (including phenoxy) is 1. The highest BCUT2D eigenvalue weighted by atomic mass is 35.5. The molecular formula is C27H18ClNO5. The highest BCUT2D eigenvalue weighted by molar-refractivity contribution is 6.37. The molecule has 2 saturated heterocycles. The SMILES string of the molecule is Cc1c(Cl)cccc1N1C(=O)[C@@H]2[C@@H](c3ccccc3)OC3(C(=O)c4ccccc4C3=O)[C@@H]2C1=O. The first-order valence-electron chi connectivity index (χ1n) is 10.9. The van der Waals surface area contributed by atoms with E-state index in [1.807, 2.05) is 6.07 Å². The van der Waals surface area contributed by atoms with Gasteiger partial charge < -0.3 is 4.74 Å². The average molecular weight is 472 g/mol. The summed E-state index contributed by atoms with van der Waals surface area (Å²) in [5, 5.41) is 0.404. The quantitative estimate of drug-likeness (QED) is 0.410. The Bertz CT molecular complexity index is 1380. The van der Waals surface area contributed by atoms with Crippen molar-refractivity contribution in [1.29, 1.82) is 0 Å². The third-order valence-electron chi connectivity index (χ3n) is 7.13. The van der Waals surface area contributed by atoms with Gasteiger partial charge in [-0.05, 0) is 30.2 Å². The van der Waals surface area contributed by atoms with Crippen molar-refractivity contribution in [3.8, 4) is 0 Å². The van der Waals surface area contributed by atoms with Crippen LogP contribution < -0.4 is 4.90 Å². The van der Waals surface area contributed by atoms with Gasteiger partial charge in [0.15, 0.2) is 0 Å². The van der Waals surface area contributed by atoms with E-state index in [2.05, 4.69) is 0 Å². The highest BCUT2D eigenvalue weighted by Gasteiger charge is 2.74. The molecule has 0 saturated carbocycles. The molecule has 0 unspecified atom stereocenters. The number of amides is 2. The molecule has 2 aliphatic heterocycles. The number of fused-ring (bicyclic) bond motifs is 3. The molecule has 3 atom stereocenters. The van der Waals surface area contributed by atoms with Crippen LogP contribution in [-0.4, -0.2) is 29.0 Å². The molecule has 7 heteroatoms. The topological polar surface area (TPSA) is 80.8 Å². The van der Waals surface area contributed by atoms with Gasteiger partial charge in [-0.3, -0.25) is 19.2 Å². The van der Waals surface area contributed by atoms with Gasteiger partial charge in [0.25, 0.3) is 0 Å². The number of halogens is 1. The Hall–Kier alpha value is -3.61. The summed E-state index contributed by atoms with van der Waals surface area (Å²) >= 11 is 6.28. The Kier molecular flexibility index (Phi) is 4.43. The summed E-state index contributed by atoms with van der Waals surface area (Å²) in [5.41, 5.74) is -0.145. The van der Waals surface area contributed by atoms with Crippen molar-refractivity contribution in [3.63, 3.8) is 0 Å². The van der Waals surface area contributed by atoms with Gasteiger partial charge in [-0.1, -0.05) is 72.3 Å². The summed E-state index contributed by atoms with van der Waals surface area (Å²) in [4.78, 5) is 56.3. The van der Waals surface area contributed by atoms with Crippen LogP contribution in [0.1, 0.15) is 37.9 Å². The molecule has 0 aromatic heterocycles. The molecule has 3 aromatic rings. The first-order valence-corrected chi connectivity index (χ1v) is 11.3. The van der Waals surface area contributed by atoms with Crippen molar-refractivity contribution in [1.82, 2.24) is 0 Å². The Morgan fingerprint density at radius 2 is 1.41 bits per heavy atom. The lowest BCUT2D eigenvalue weighted by Crippen LogP contribution is -2.51. The number of ketones is 2. The van der Waals surface area contributed by atoms with E-state index >= 15 is 0 Å². The normalized spacial score (nSPS) is 24.8. The van der Waals surface area contributed by atoms with Gasteiger partial charge >= 0.3 is 0 Å². The number of carbonyl (C=O) groups excluding carboxylic acids is 4. The van der Waals surface area contributed by atoms with Gasteiger partial charge in [0.2, 0.25) is 29.0 Å². The smallest absolute Gasteiger partial charge is 0.241 e. The first kappa shape index (κ1) is 21.0. The van der Waals surface area contributed by atoms with Crippen LogP contribution in [0.5, 0.6) is 0 Å². The van der Waals surface area contributed by atoms with Gasteiger partial charge in [-0.2, -0.15) is 0 Å². The zero-order valence-corrected chi connectivity index (χ0v) is 18.8. The monoisotopic (exact) mass is 471 g/mol. The average Bonchev–Trinajstić information content (AvgIpc) is 3.42. The summed E-state index contributed by atoms with van der Waals surface area (Å²) in [7, 11) is 0. The molecule has 3 aliphatic rings. The Labute approximate surface area is 200 Å². The second-order valence-corrected chi connectivity index (χ2v) is 9.20. The van der Waals surface area contributed by atoms with E-state index < -0.39 is 46.9 Å². The molecule has 2 heterocycles. The van der Waals surface area contributed by atoms with Crippen molar-refractivity contribution in [2.45, 2.75) is 18.6 Å². The fraction of sp³-hybridized carbons (Fsp3) is 0.185. The number of anilines is 1. The van der Waals surface area contributed by atoms with E-state index in [4.69, 9.17) is 16.3 Å². The van der Waals surface area contributed by atoms with Crippen molar-refractivity contribution in [2.75, 3.05) is 4.90 Å². The Balaban J connectivity index is 1.57. The summed E-state index contributed by atoms with van der Waals surface area (Å²) in [5.74, 6) is -4.61. The second kappa shape index (κ2) is 7.19. The van der Waals surface area contributed by atoms with Gasteiger partial charge in [0, 0.05) is 16.1 Å². The number of Topliss-reactive ketones (excluding diaryl/α,β-unsaturated/α-hetero) is 2. The predicted octanol–water partition coefficient (Wildman–Crippen LogP) is 4.34. The number of nitrogens with zero attached hydrogens (tertiary/aromatic N) is 1. The molecule has 3 aromatic carbocycles.